The number of hydrogen-bond acceptors (Lipinski definition) is 3. The van der Waals surface area contributed by atoms with Crippen LogP contribution in [0.2, 0.25) is 10.0 Å². The number of benzene rings is 3. The van der Waals surface area contributed by atoms with Crippen molar-refractivity contribution < 1.29 is 4.74 Å². The highest BCUT2D eigenvalue weighted by molar-refractivity contribution is 6.42. The van der Waals surface area contributed by atoms with E-state index in [1.165, 1.54) is 0 Å². The molecular weight excluding hydrogens is 379 g/mol. The van der Waals surface area contributed by atoms with Gasteiger partial charge in [0.25, 0.3) is 0 Å². The van der Waals surface area contributed by atoms with Crippen molar-refractivity contribution in [2.45, 2.75) is 12.5 Å². The van der Waals surface area contributed by atoms with Crippen LogP contribution in [0.4, 0.5) is 5.69 Å². The molecule has 1 heterocycles. The highest BCUT2D eigenvalue weighted by atomic mass is 35.5. The van der Waals surface area contributed by atoms with Crippen LogP contribution in [0, 0.1) is 0 Å². The van der Waals surface area contributed by atoms with Gasteiger partial charge in [-0.1, -0.05) is 53.5 Å². The molecule has 5 heteroatoms. The quantitative estimate of drug-likeness (QED) is 0.512. The zero-order chi connectivity index (χ0) is 18.8. The molecule has 3 aromatic rings. The van der Waals surface area contributed by atoms with E-state index in [4.69, 9.17) is 33.0 Å². The van der Waals surface area contributed by atoms with Gasteiger partial charge in [0.1, 0.15) is 5.75 Å². The Morgan fingerprint density at radius 1 is 0.926 bits per heavy atom. The van der Waals surface area contributed by atoms with Crippen LogP contribution in [0.5, 0.6) is 5.75 Å². The van der Waals surface area contributed by atoms with E-state index in [2.05, 4.69) is 0 Å². The fraction of sp³-hybridized carbons (Fsp3) is 0.136. The van der Waals surface area contributed by atoms with E-state index in [9.17, 15) is 0 Å². The summed E-state index contributed by atoms with van der Waals surface area (Å²) < 4.78 is 5.26. The highest BCUT2D eigenvalue weighted by Crippen LogP contribution is 2.41. The van der Waals surface area contributed by atoms with Crippen molar-refractivity contribution in [2.75, 3.05) is 12.1 Å². The Hall–Kier alpha value is -2.49. The Kier molecular flexibility index (Phi) is 5.06. The predicted octanol–water partition coefficient (Wildman–Crippen LogP) is 6.36. The minimum Gasteiger partial charge on any atom is -0.497 e. The van der Waals surface area contributed by atoms with E-state index in [0.29, 0.717) is 10.0 Å². The fourth-order valence-electron chi connectivity index (χ4n) is 3.31. The molecule has 0 fully saturated rings. The van der Waals surface area contributed by atoms with Gasteiger partial charge in [-0.25, -0.2) is 0 Å². The second kappa shape index (κ2) is 7.63. The normalized spacial score (nSPS) is 16.3. The molecule has 0 saturated carbocycles. The van der Waals surface area contributed by atoms with Gasteiger partial charge < -0.3 is 4.74 Å². The third-order valence-corrected chi connectivity index (χ3v) is 5.53. The monoisotopic (exact) mass is 396 g/mol. The summed E-state index contributed by atoms with van der Waals surface area (Å²) in [5.41, 5.74) is 4.06. The van der Waals surface area contributed by atoms with Crippen LogP contribution >= 0.6 is 23.2 Å². The summed E-state index contributed by atoms with van der Waals surface area (Å²) in [6.45, 7) is 0. The SMILES string of the molecule is COc1ccc(C2=NN(c3ccccc3)C(c3cccc(Cl)c3Cl)C2)cc1. The molecule has 0 aliphatic carbocycles. The molecule has 3 aromatic carbocycles. The Labute approximate surface area is 168 Å². The second-order valence-corrected chi connectivity index (χ2v) is 7.10. The first-order chi connectivity index (χ1) is 13.2. The Balaban J connectivity index is 1.76. The number of rotatable bonds is 4. The molecule has 0 bridgehead atoms. The molecule has 4 rings (SSSR count). The lowest BCUT2D eigenvalue weighted by Gasteiger charge is -2.25. The summed E-state index contributed by atoms with van der Waals surface area (Å²) in [6, 6.07) is 23.8. The lowest BCUT2D eigenvalue weighted by molar-refractivity contribution is 0.415. The van der Waals surface area contributed by atoms with E-state index >= 15 is 0 Å². The van der Waals surface area contributed by atoms with Crippen molar-refractivity contribution in [3.63, 3.8) is 0 Å². The molecule has 1 unspecified atom stereocenters. The maximum Gasteiger partial charge on any atom is 0.118 e. The van der Waals surface area contributed by atoms with Crippen LogP contribution < -0.4 is 9.75 Å². The molecule has 0 radical (unpaired) electrons. The minimum absolute atomic E-state index is 0.0179. The number of nitrogens with zero attached hydrogens (tertiary/aromatic N) is 2. The smallest absolute Gasteiger partial charge is 0.118 e. The topological polar surface area (TPSA) is 24.8 Å². The van der Waals surface area contributed by atoms with Crippen LogP contribution in [0.1, 0.15) is 23.6 Å². The van der Waals surface area contributed by atoms with Gasteiger partial charge in [-0.3, -0.25) is 5.01 Å². The Morgan fingerprint density at radius 2 is 1.67 bits per heavy atom. The number of methoxy groups -OCH3 is 1. The van der Waals surface area contributed by atoms with Crippen LogP contribution in [-0.4, -0.2) is 12.8 Å². The van der Waals surface area contributed by atoms with Gasteiger partial charge >= 0.3 is 0 Å². The van der Waals surface area contributed by atoms with Gasteiger partial charge in [0, 0.05) is 6.42 Å². The maximum atomic E-state index is 6.53. The van der Waals surface area contributed by atoms with E-state index in [-0.39, 0.29) is 6.04 Å². The number of para-hydroxylation sites is 1. The summed E-state index contributed by atoms with van der Waals surface area (Å²) in [6.07, 6.45) is 0.737. The molecule has 0 aromatic heterocycles. The van der Waals surface area contributed by atoms with Crippen molar-refractivity contribution in [3.8, 4) is 5.75 Å². The molecule has 1 aliphatic rings. The fourth-order valence-corrected chi connectivity index (χ4v) is 3.74. The zero-order valence-corrected chi connectivity index (χ0v) is 16.3. The van der Waals surface area contributed by atoms with E-state index in [0.717, 1.165) is 34.7 Å². The minimum atomic E-state index is -0.0179. The first-order valence-electron chi connectivity index (χ1n) is 8.67. The predicted molar refractivity (Wildman–Crippen MR) is 112 cm³/mol. The lowest BCUT2D eigenvalue weighted by atomic mass is 9.98. The Morgan fingerprint density at radius 3 is 2.37 bits per heavy atom. The number of ether oxygens (including phenoxy) is 1. The molecular formula is C22H18Cl2N2O. The molecule has 0 saturated heterocycles. The van der Waals surface area contributed by atoms with Crippen LogP contribution in [0.3, 0.4) is 0 Å². The van der Waals surface area contributed by atoms with Crippen molar-refractivity contribution >= 4 is 34.6 Å². The second-order valence-electron chi connectivity index (χ2n) is 6.32. The third kappa shape index (κ3) is 3.53. The number of hydrazone groups is 1. The van der Waals surface area contributed by atoms with Gasteiger partial charge in [-0.2, -0.15) is 5.10 Å². The summed E-state index contributed by atoms with van der Waals surface area (Å²) in [4.78, 5) is 0. The molecule has 1 aliphatic heterocycles. The Bertz CT molecular complexity index is 971. The standard InChI is InChI=1S/C22H18Cl2N2O/c1-27-17-12-10-15(11-13-17)20-14-21(18-8-5-9-19(23)22(18)24)26(25-20)16-6-3-2-4-7-16/h2-13,21H,14H2,1H3. The van der Waals surface area contributed by atoms with Gasteiger partial charge in [0.05, 0.1) is 34.6 Å². The van der Waals surface area contributed by atoms with Crippen LogP contribution in [0.15, 0.2) is 77.9 Å². The van der Waals surface area contributed by atoms with E-state index in [1.54, 1.807) is 13.2 Å². The molecule has 0 N–H and O–H groups in total. The average Bonchev–Trinajstić information content (AvgIpc) is 3.16. The lowest BCUT2D eigenvalue weighted by Crippen LogP contribution is -2.18. The summed E-state index contributed by atoms with van der Waals surface area (Å²) >= 11 is 12.8. The van der Waals surface area contributed by atoms with E-state index < -0.39 is 0 Å². The van der Waals surface area contributed by atoms with Gasteiger partial charge in [0.15, 0.2) is 0 Å². The number of hydrogen-bond donors (Lipinski definition) is 0. The number of anilines is 1. The summed E-state index contributed by atoms with van der Waals surface area (Å²) in [5, 5.41) is 8.08. The van der Waals surface area contributed by atoms with Gasteiger partial charge in [0.2, 0.25) is 0 Å². The average molecular weight is 397 g/mol. The largest absolute Gasteiger partial charge is 0.497 e. The van der Waals surface area contributed by atoms with Crippen LogP contribution in [0.25, 0.3) is 0 Å². The van der Waals surface area contributed by atoms with Crippen molar-refractivity contribution in [2.24, 2.45) is 5.10 Å². The summed E-state index contributed by atoms with van der Waals surface area (Å²) in [5.74, 6) is 0.826. The molecule has 136 valence electrons. The molecule has 0 amide bonds. The number of halogens is 2. The molecule has 27 heavy (non-hydrogen) atoms. The van der Waals surface area contributed by atoms with Crippen molar-refractivity contribution in [1.82, 2.24) is 0 Å². The van der Waals surface area contributed by atoms with Crippen molar-refractivity contribution in [3.05, 3.63) is 94.0 Å². The first kappa shape index (κ1) is 17.9. The zero-order valence-electron chi connectivity index (χ0n) is 14.8. The third-order valence-electron chi connectivity index (χ3n) is 4.69. The van der Waals surface area contributed by atoms with Crippen LogP contribution in [-0.2, 0) is 0 Å². The first-order valence-corrected chi connectivity index (χ1v) is 9.43. The molecule has 1 atom stereocenters. The van der Waals surface area contributed by atoms with Gasteiger partial charge in [-0.15, -0.1) is 0 Å². The van der Waals surface area contributed by atoms with Crippen molar-refractivity contribution in [1.29, 1.82) is 0 Å². The maximum absolute atomic E-state index is 6.53. The van der Waals surface area contributed by atoms with E-state index in [1.807, 2.05) is 71.7 Å². The molecule has 0 spiro atoms. The summed E-state index contributed by atoms with van der Waals surface area (Å²) in [7, 11) is 1.66. The highest BCUT2D eigenvalue weighted by Gasteiger charge is 2.31. The molecule has 3 nitrogen and oxygen atoms in total. The van der Waals surface area contributed by atoms with Gasteiger partial charge in [-0.05, 0) is 53.6 Å².